The zero-order chi connectivity index (χ0) is 15.4. The number of carbonyl (C=O) groups excluding carboxylic acids is 1. The lowest BCUT2D eigenvalue weighted by Crippen LogP contribution is -2.20. The number of hydrogen-bond acceptors (Lipinski definition) is 3. The van der Waals surface area contributed by atoms with Gasteiger partial charge in [-0.25, -0.2) is 0 Å². The van der Waals surface area contributed by atoms with Crippen LogP contribution in [0.15, 0.2) is 47.4 Å². The molecule has 0 spiro atoms. The molecule has 0 aliphatic heterocycles. The number of benzene rings is 2. The predicted octanol–water partition coefficient (Wildman–Crippen LogP) is 2.98. The highest BCUT2D eigenvalue weighted by Crippen LogP contribution is 2.21. The van der Waals surface area contributed by atoms with Crippen LogP contribution in [0.3, 0.4) is 0 Å². The second kappa shape index (κ2) is 6.74. The maximum Gasteiger partial charge on any atom is 0.237 e. The molecule has 0 radical (unpaired) electrons. The molecular formula is C15H15ClN2O2S. The molecule has 1 unspecified atom stereocenters. The Hall–Kier alpha value is -1.85. The van der Waals surface area contributed by atoms with Crippen molar-refractivity contribution < 1.29 is 9.00 Å². The van der Waals surface area contributed by atoms with Gasteiger partial charge in [0.1, 0.15) is 5.75 Å². The molecule has 0 aliphatic carbocycles. The van der Waals surface area contributed by atoms with Crippen molar-refractivity contribution >= 4 is 39.7 Å². The van der Waals surface area contributed by atoms with Crippen molar-refractivity contribution in [3.8, 4) is 0 Å². The molecule has 6 heteroatoms. The number of anilines is 2. The van der Waals surface area contributed by atoms with Crippen LogP contribution in [0.2, 0.25) is 5.02 Å². The first-order valence-corrected chi connectivity index (χ1v) is 7.96. The zero-order valence-electron chi connectivity index (χ0n) is 11.4. The van der Waals surface area contributed by atoms with E-state index in [2.05, 4.69) is 5.32 Å². The molecule has 21 heavy (non-hydrogen) atoms. The van der Waals surface area contributed by atoms with Gasteiger partial charge in [-0.2, -0.15) is 0 Å². The minimum Gasteiger partial charge on any atom is -0.399 e. The molecule has 0 bridgehead atoms. The third-order valence-corrected chi connectivity index (χ3v) is 4.65. The highest BCUT2D eigenvalue weighted by atomic mass is 35.5. The van der Waals surface area contributed by atoms with Crippen LogP contribution in [-0.4, -0.2) is 15.9 Å². The largest absolute Gasteiger partial charge is 0.399 e. The van der Waals surface area contributed by atoms with Crippen LogP contribution in [0.1, 0.15) is 5.56 Å². The molecule has 0 aliphatic rings. The third kappa shape index (κ3) is 4.06. The topological polar surface area (TPSA) is 72.2 Å². The fourth-order valence-corrected chi connectivity index (χ4v) is 3.15. The molecular weight excluding hydrogens is 308 g/mol. The standard InChI is InChI=1S/C15H15ClN2O2S/c1-10-6-7-11(17)8-14(10)21(20)9-15(19)18-13-5-3-2-4-12(13)16/h2-8H,9,17H2,1H3,(H,18,19). The van der Waals surface area contributed by atoms with Gasteiger partial charge in [0, 0.05) is 10.6 Å². The number of nitrogen functional groups attached to an aromatic ring is 1. The lowest BCUT2D eigenvalue weighted by molar-refractivity contribution is -0.113. The maximum atomic E-state index is 12.3. The number of hydrogen-bond donors (Lipinski definition) is 2. The van der Waals surface area contributed by atoms with Crippen LogP contribution >= 0.6 is 11.6 Å². The van der Waals surface area contributed by atoms with Crippen LogP contribution in [0.5, 0.6) is 0 Å². The first-order chi connectivity index (χ1) is 9.97. The van der Waals surface area contributed by atoms with Gasteiger partial charge in [-0.3, -0.25) is 9.00 Å². The minimum absolute atomic E-state index is 0.143. The Morgan fingerprint density at radius 2 is 2.00 bits per heavy atom. The quantitative estimate of drug-likeness (QED) is 0.850. The lowest BCUT2D eigenvalue weighted by atomic mass is 10.2. The summed E-state index contributed by atoms with van der Waals surface area (Å²) in [6, 6.07) is 12.1. The molecule has 2 rings (SSSR count). The molecule has 1 atom stereocenters. The van der Waals surface area contributed by atoms with Gasteiger partial charge in [0.05, 0.1) is 21.5 Å². The summed E-state index contributed by atoms with van der Waals surface area (Å²) in [6.07, 6.45) is 0. The van der Waals surface area contributed by atoms with E-state index in [0.717, 1.165) is 5.56 Å². The summed E-state index contributed by atoms with van der Waals surface area (Å²) in [5.41, 5.74) is 7.56. The molecule has 2 aromatic rings. The van der Waals surface area contributed by atoms with Crippen molar-refractivity contribution in [1.82, 2.24) is 0 Å². The summed E-state index contributed by atoms with van der Waals surface area (Å²) < 4.78 is 12.3. The van der Waals surface area contributed by atoms with E-state index in [1.165, 1.54) is 0 Å². The monoisotopic (exact) mass is 322 g/mol. The smallest absolute Gasteiger partial charge is 0.237 e. The van der Waals surface area contributed by atoms with Gasteiger partial charge in [-0.05, 0) is 36.8 Å². The average Bonchev–Trinajstić information content (AvgIpc) is 2.44. The minimum atomic E-state index is -1.45. The van der Waals surface area contributed by atoms with E-state index in [9.17, 15) is 9.00 Å². The summed E-state index contributed by atoms with van der Waals surface area (Å²) in [5, 5.41) is 3.09. The summed E-state index contributed by atoms with van der Waals surface area (Å²) in [4.78, 5) is 12.5. The number of amides is 1. The van der Waals surface area contributed by atoms with E-state index in [0.29, 0.717) is 21.3 Å². The molecule has 110 valence electrons. The van der Waals surface area contributed by atoms with Crippen molar-refractivity contribution in [3.05, 3.63) is 53.1 Å². The second-order valence-electron chi connectivity index (χ2n) is 4.54. The van der Waals surface area contributed by atoms with Gasteiger partial charge >= 0.3 is 0 Å². The Balaban J connectivity index is 2.08. The highest BCUT2D eigenvalue weighted by molar-refractivity contribution is 7.85. The first kappa shape index (κ1) is 15.5. The molecule has 3 N–H and O–H groups in total. The van der Waals surface area contributed by atoms with Crippen LogP contribution in [0, 0.1) is 6.92 Å². The number of rotatable bonds is 4. The van der Waals surface area contributed by atoms with Crippen molar-refractivity contribution in [3.63, 3.8) is 0 Å². The van der Waals surface area contributed by atoms with Gasteiger partial charge in [0.2, 0.25) is 5.91 Å². The molecule has 0 heterocycles. The summed E-state index contributed by atoms with van der Waals surface area (Å²) >= 11 is 5.96. The van der Waals surface area contributed by atoms with Gasteiger partial charge in [-0.1, -0.05) is 29.8 Å². The van der Waals surface area contributed by atoms with E-state index in [1.54, 1.807) is 42.5 Å². The Labute approximate surface area is 130 Å². The number of nitrogens with two attached hydrogens (primary N) is 1. The van der Waals surface area contributed by atoms with Crippen LogP contribution in [0.4, 0.5) is 11.4 Å². The normalized spacial score (nSPS) is 11.9. The number of aryl methyl sites for hydroxylation is 1. The molecule has 0 saturated heterocycles. The number of carbonyl (C=O) groups is 1. The zero-order valence-corrected chi connectivity index (χ0v) is 13.0. The fourth-order valence-electron chi connectivity index (χ4n) is 1.81. The average molecular weight is 323 g/mol. The van der Waals surface area contributed by atoms with Crippen LogP contribution in [0.25, 0.3) is 0 Å². The summed E-state index contributed by atoms with van der Waals surface area (Å²) in [7, 11) is -1.45. The summed E-state index contributed by atoms with van der Waals surface area (Å²) in [6.45, 7) is 1.83. The maximum absolute atomic E-state index is 12.3. The van der Waals surface area contributed by atoms with Crippen LogP contribution in [-0.2, 0) is 15.6 Å². The SMILES string of the molecule is Cc1ccc(N)cc1S(=O)CC(=O)Nc1ccccc1Cl. The number of para-hydroxylation sites is 1. The van der Waals surface area contributed by atoms with E-state index < -0.39 is 10.8 Å². The fraction of sp³-hybridized carbons (Fsp3) is 0.133. The first-order valence-electron chi connectivity index (χ1n) is 6.26. The van der Waals surface area contributed by atoms with E-state index in [1.807, 2.05) is 6.92 Å². The van der Waals surface area contributed by atoms with Crippen LogP contribution < -0.4 is 11.1 Å². The van der Waals surface area contributed by atoms with E-state index in [-0.39, 0.29) is 11.7 Å². The molecule has 1 amide bonds. The molecule has 0 saturated carbocycles. The third-order valence-electron chi connectivity index (χ3n) is 2.87. The Kier molecular flexibility index (Phi) is 4.98. The Morgan fingerprint density at radius 3 is 2.71 bits per heavy atom. The van der Waals surface area contributed by atoms with Crippen molar-refractivity contribution in [2.45, 2.75) is 11.8 Å². The molecule has 0 aromatic heterocycles. The molecule has 2 aromatic carbocycles. The van der Waals surface area contributed by atoms with Gasteiger partial charge in [0.15, 0.2) is 0 Å². The predicted molar refractivity (Wildman–Crippen MR) is 86.9 cm³/mol. The van der Waals surface area contributed by atoms with Crippen molar-refractivity contribution in [2.24, 2.45) is 0 Å². The van der Waals surface area contributed by atoms with Gasteiger partial charge < -0.3 is 11.1 Å². The second-order valence-corrected chi connectivity index (χ2v) is 6.37. The highest BCUT2D eigenvalue weighted by Gasteiger charge is 2.13. The molecule has 0 fully saturated rings. The summed E-state index contributed by atoms with van der Waals surface area (Å²) in [5.74, 6) is -0.501. The molecule has 4 nitrogen and oxygen atoms in total. The van der Waals surface area contributed by atoms with E-state index >= 15 is 0 Å². The van der Waals surface area contributed by atoms with Gasteiger partial charge in [0.25, 0.3) is 0 Å². The Morgan fingerprint density at radius 1 is 1.29 bits per heavy atom. The van der Waals surface area contributed by atoms with Crippen molar-refractivity contribution in [2.75, 3.05) is 16.8 Å². The number of nitrogens with one attached hydrogen (secondary N) is 1. The van der Waals surface area contributed by atoms with Gasteiger partial charge in [-0.15, -0.1) is 0 Å². The lowest BCUT2D eigenvalue weighted by Gasteiger charge is -2.09. The van der Waals surface area contributed by atoms with E-state index in [4.69, 9.17) is 17.3 Å². The van der Waals surface area contributed by atoms with Crippen molar-refractivity contribution in [1.29, 1.82) is 0 Å². The Bertz CT molecular complexity index is 704. The number of halogens is 1.